The number of rotatable bonds is 2. The number of benzene rings is 1. The number of hydrogen-bond donors (Lipinski definition) is 0. The van der Waals surface area contributed by atoms with Crippen LogP contribution in [0.15, 0.2) is 29.2 Å². The molecule has 0 saturated heterocycles. The van der Waals surface area contributed by atoms with Gasteiger partial charge in [0.25, 0.3) is 0 Å². The Labute approximate surface area is 107 Å². The first-order valence-electron chi connectivity index (χ1n) is 5.32. The molecule has 0 unspecified atom stereocenters. The largest absolute Gasteiger partial charge is 0.459 e. The van der Waals surface area contributed by atoms with E-state index in [0.29, 0.717) is 5.56 Å². The highest BCUT2D eigenvalue weighted by Crippen LogP contribution is 2.16. The Kier molecular flexibility index (Phi) is 4.51. The van der Waals surface area contributed by atoms with E-state index in [1.54, 1.807) is 26.0 Å². The first kappa shape index (κ1) is 14.3. The number of carbonyl (C=O) groups is 1. The Balaban J connectivity index is 3.14. The third kappa shape index (κ3) is 3.34. The van der Waals surface area contributed by atoms with Crippen LogP contribution in [0.5, 0.6) is 0 Å². The van der Waals surface area contributed by atoms with Crippen molar-refractivity contribution < 1.29 is 17.9 Å². The van der Waals surface area contributed by atoms with E-state index in [2.05, 4.69) is 16.6 Å². The third-order valence-electron chi connectivity index (χ3n) is 2.28. The summed E-state index contributed by atoms with van der Waals surface area (Å²) >= 11 is 0. The lowest BCUT2D eigenvalue weighted by atomic mass is 10.2. The number of ether oxygens (including phenoxy) is 1. The van der Waals surface area contributed by atoms with Crippen LogP contribution in [-0.4, -0.2) is 26.7 Å². The molecule has 96 valence electrons. The van der Waals surface area contributed by atoms with E-state index in [-0.39, 0.29) is 4.90 Å². The van der Waals surface area contributed by atoms with Gasteiger partial charge in [-0.05, 0) is 32.0 Å². The van der Waals surface area contributed by atoms with Gasteiger partial charge in [0.1, 0.15) is 0 Å². The summed E-state index contributed by atoms with van der Waals surface area (Å²) in [5.74, 6) is 4.15. The number of esters is 1. The minimum Gasteiger partial charge on any atom is -0.459 e. The van der Waals surface area contributed by atoms with E-state index in [4.69, 9.17) is 0 Å². The van der Waals surface area contributed by atoms with Gasteiger partial charge in [-0.3, -0.25) is 0 Å². The third-order valence-corrected chi connectivity index (χ3v) is 4.43. The van der Waals surface area contributed by atoms with Crippen molar-refractivity contribution >= 4 is 15.8 Å². The monoisotopic (exact) mass is 266 g/mol. The topological polar surface area (TPSA) is 60.4 Å². The van der Waals surface area contributed by atoms with Gasteiger partial charge in [0, 0.05) is 11.5 Å². The fourth-order valence-electron chi connectivity index (χ4n) is 1.20. The van der Waals surface area contributed by atoms with Crippen molar-refractivity contribution in [1.82, 2.24) is 0 Å². The van der Waals surface area contributed by atoms with Crippen LogP contribution in [0.25, 0.3) is 0 Å². The van der Waals surface area contributed by atoms with Crippen LogP contribution in [-0.2, 0) is 19.4 Å². The van der Waals surface area contributed by atoms with E-state index in [1.807, 2.05) is 0 Å². The second kappa shape index (κ2) is 5.69. The molecule has 1 aromatic carbocycles. The van der Waals surface area contributed by atoms with E-state index in [1.165, 1.54) is 19.2 Å². The van der Waals surface area contributed by atoms with Gasteiger partial charge in [-0.1, -0.05) is 12.0 Å². The second-order valence-corrected chi connectivity index (χ2v) is 6.37. The molecule has 0 aliphatic carbocycles. The summed E-state index contributed by atoms with van der Waals surface area (Å²) in [5.41, 5.74) is 0.460. The van der Waals surface area contributed by atoms with Crippen molar-refractivity contribution in [1.29, 1.82) is 0 Å². The van der Waals surface area contributed by atoms with Crippen LogP contribution in [0, 0.1) is 11.8 Å². The van der Waals surface area contributed by atoms with Gasteiger partial charge < -0.3 is 4.74 Å². The van der Waals surface area contributed by atoms with Crippen molar-refractivity contribution in [2.45, 2.75) is 24.0 Å². The molecule has 1 rings (SSSR count). The summed E-state index contributed by atoms with van der Waals surface area (Å²) in [5, 5.41) is -0.499. The lowest BCUT2D eigenvalue weighted by Crippen LogP contribution is -2.13. The highest BCUT2D eigenvalue weighted by Gasteiger charge is 2.18. The van der Waals surface area contributed by atoms with E-state index >= 15 is 0 Å². The molecule has 0 aliphatic heterocycles. The van der Waals surface area contributed by atoms with Crippen LogP contribution in [0.2, 0.25) is 0 Å². The molecule has 18 heavy (non-hydrogen) atoms. The maximum Gasteiger partial charge on any atom is 0.384 e. The summed E-state index contributed by atoms with van der Waals surface area (Å²) in [6, 6.07) is 6.19. The fraction of sp³-hybridized carbons (Fsp3) is 0.308. The van der Waals surface area contributed by atoms with Crippen molar-refractivity contribution in [3.63, 3.8) is 0 Å². The second-order valence-electron chi connectivity index (χ2n) is 3.86. The standard InChI is InChI=1S/C13H14O4S/c1-10(2)18(15,16)12-6-4-5-11(9-12)7-8-13(14)17-3/h4-6,9-10H,1-3H3. The molecular weight excluding hydrogens is 252 g/mol. The van der Waals surface area contributed by atoms with Crippen LogP contribution in [0.4, 0.5) is 0 Å². The average molecular weight is 266 g/mol. The Hall–Kier alpha value is -1.80. The van der Waals surface area contributed by atoms with Crippen LogP contribution < -0.4 is 0 Å². The van der Waals surface area contributed by atoms with E-state index in [0.717, 1.165) is 0 Å². The molecule has 1 aromatic rings. The van der Waals surface area contributed by atoms with Crippen LogP contribution in [0.1, 0.15) is 19.4 Å². The Morgan fingerprint density at radius 3 is 2.56 bits per heavy atom. The van der Waals surface area contributed by atoms with Crippen molar-refractivity contribution in [2.24, 2.45) is 0 Å². The zero-order valence-electron chi connectivity index (χ0n) is 10.4. The summed E-state index contributed by atoms with van der Waals surface area (Å²) in [7, 11) is -2.09. The Morgan fingerprint density at radius 1 is 1.33 bits per heavy atom. The van der Waals surface area contributed by atoms with Gasteiger partial charge >= 0.3 is 5.97 Å². The van der Waals surface area contributed by atoms with Gasteiger partial charge in [0.15, 0.2) is 9.84 Å². The molecule has 4 nitrogen and oxygen atoms in total. The number of methoxy groups -OCH3 is 1. The molecule has 0 N–H and O–H groups in total. The molecule has 0 bridgehead atoms. The molecule has 0 aromatic heterocycles. The summed E-state index contributed by atoms with van der Waals surface area (Å²) in [4.78, 5) is 11.1. The molecule has 0 fully saturated rings. The van der Waals surface area contributed by atoms with Crippen molar-refractivity contribution in [2.75, 3.05) is 7.11 Å². The maximum atomic E-state index is 11.9. The van der Waals surface area contributed by atoms with Gasteiger partial charge in [0.05, 0.1) is 17.3 Å². The zero-order chi connectivity index (χ0) is 13.8. The predicted molar refractivity (Wildman–Crippen MR) is 67.7 cm³/mol. The average Bonchev–Trinajstić information content (AvgIpc) is 2.36. The smallest absolute Gasteiger partial charge is 0.384 e. The molecule has 0 saturated carbocycles. The minimum absolute atomic E-state index is 0.203. The van der Waals surface area contributed by atoms with E-state index < -0.39 is 21.1 Å². The van der Waals surface area contributed by atoms with Gasteiger partial charge in [-0.25, -0.2) is 13.2 Å². The van der Waals surface area contributed by atoms with Crippen molar-refractivity contribution in [3.8, 4) is 11.8 Å². The molecule has 0 amide bonds. The molecule has 0 spiro atoms. The van der Waals surface area contributed by atoms with Gasteiger partial charge in [-0.2, -0.15) is 0 Å². The van der Waals surface area contributed by atoms with Crippen LogP contribution >= 0.6 is 0 Å². The van der Waals surface area contributed by atoms with E-state index in [9.17, 15) is 13.2 Å². The highest BCUT2D eigenvalue weighted by atomic mass is 32.2. The number of sulfone groups is 1. The Bertz CT molecular complexity index is 603. The molecule has 0 aliphatic rings. The molecular formula is C13H14O4S. The Morgan fingerprint density at radius 2 is 2.00 bits per heavy atom. The van der Waals surface area contributed by atoms with Crippen LogP contribution in [0.3, 0.4) is 0 Å². The highest BCUT2D eigenvalue weighted by molar-refractivity contribution is 7.92. The summed E-state index contributed by atoms with van der Waals surface area (Å²) in [6.07, 6.45) is 0. The normalized spacial score (nSPS) is 10.7. The SMILES string of the molecule is COC(=O)C#Cc1cccc(S(=O)(=O)C(C)C)c1. The number of carbonyl (C=O) groups excluding carboxylic acids is 1. The predicted octanol–water partition coefficient (Wildman–Crippen LogP) is 1.39. The molecule has 0 heterocycles. The number of hydrogen-bond acceptors (Lipinski definition) is 4. The molecule has 5 heteroatoms. The lowest BCUT2D eigenvalue weighted by molar-refractivity contribution is -0.133. The minimum atomic E-state index is -3.33. The fourth-order valence-corrected chi connectivity index (χ4v) is 2.30. The summed E-state index contributed by atoms with van der Waals surface area (Å²) < 4.78 is 28.3. The zero-order valence-corrected chi connectivity index (χ0v) is 11.2. The van der Waals surface area contributed by atoms with Gasteiger partial charge in [-0.15, -0.1) is 0 Å². The summed E-state index contributed by atoms with van der Waals surface area (Å²) in [6.45, 7) is 3.23. The molecule has 0 radical (unpaired) electrons. The quantitative estimate of drug-likeness (QED) is 0.599. The maximum absolute atomic E-state index is 11.9. The first-order valence-corrected chi connectivity index (χ1v) is 6.86. The molecule has 0 atom stereocenters. The van der Waals surface area contributed by atoms with Gasteiger partial charge in [0.2, 0.25) is 0 Å². The first-order chi connectivity index (χ1) is 8.37. The van der Waals surface area contributed by atoms with Crippen molar-refractivity contribution in [3.05, 3.63) is 29.8 Å². The lowest BCUT2D eigenvalue weighted by Gasteiger charge is -2.07.